The van der Waals surface area contributed by atoms with Gasteiger partial charge in [-0.05, 0) is 87.4 Å². The van der Waals surface area contributed by atoms with E-state index in [0.29, 0.717) is 25.1 Å². The van der Waals surface area contributed by atoms with E-state index in [1.54, 1.807) is 0 Å². The molecule has 5 heteroatoms. The van der Waals surface area contributed by atoms with Crippen LogP contribution in [0.3, 0.4) is 0 Å². The Kier molecular flexibility index (Phi) is 5.97. The van der Waals surface area contributed by atoms with Gasteiger partial charge in [-0.1, -0.05) is 18.2 Å². The van der Waals surface area contributed by atoms with Crippen LogP contribution in [0.1, 0.15) is 41.8 Å². The molecule has 1 aliphatic rings. The highest BCUT2D eigenvalue weighted by Crippen LogP contribution is 2.39. The molecule has 5 rings (SSSR count). The van der Waals surface area contributed by atoms with Gasteiger partial charge in [-0.15, -0.1) is 11.3 Å². The molecular formula is C27H32N2O2S. The van der Waals surface area contributed by atoms with E-state index < -0.39 is 6.10 Å². The maximum atomic E-state index is 10.7. The van der Waals surface area contributed by atoms with Crippen LogP contribution in [0.5, 0.6) is 5.75 Å². The van der Waals surface area contributed by atoms with E-state index in [1.165, 1.54) is 20.5 Å². The number of nitrogens with zero attached hydrogens (tertiary/aromatic N) is 1. The molecule has 1 fully saturated rings. The standard InChI is InChI=1S/C27H32N2O2S/c1-17-6-4-9-26-22(17)14-27(32-26)20-10-11-29(19(3)13-20)15-21(30)16-31-25-8-5-7-24-23(25)12-18(2)28-24/h4-9,12,14,19-21,28,30H,10-11,13,15-16H2,1-3H3/t19-,20-,21-/m0/s1. The molecule has 0 aliphatic carbocycles. The third-order valence-electron chi connectivity index (χ3n) is 6.85. The fourth-order valence-corrected chi connectivity index (χ4v) is 6.37. The number of rotatable bonds is 6. The number of aromatic amines is 1. The number of aryl methyl sites for hydroxylation is 2. The number of fused-ring (bicyclic) bond motifs is 2. The number of β-amino-alcohol motifs (C(OH)–C–C–N with tert-alkyl or cyclic N) is 1. The minimum absolute atomic E-state index is 0.311. The summed E-state index contributed by atoms with van der Waals surface area (Å²) in [5.41, 5.74) is 3.55. The van der Waals surface area contributed by atoms with Crippen molar-refractivity contribution in [2.75, 3.05) is 19.7 Å². The summed E-state index contributed by atoms with van der Waals surface area (Å²) in [4.78, 5) is 7.27. The van der Waals surface area contributed by atoms with Crippen molar-refractivity contribution in [2.24, 2.45) is 0 Å². The molecule has 32 heavy (non-hydrogen) atoms. The first kappa shape index (κ1) is 21.5. The summed E-state index contributed by atoms with van der Waals surface area (Å²) < 4.78 is 7.41. The van der Waals surface area contributed by atoms with Gasteiger partial charge in [0.15, 0.2) is 0 Å². The third kappa shape index (κ3) is 4.29. The Hall–Kier alpha value is -2.34. The van der Waals surface area contributed by atoms with E-state index in [4.69, 9.17) is 4.74 Å². The molecule has 0 radical (unpaired) electrons. The summed E-state index contributed by atoms with van der Waals surface area (Å²) in [6, 6.07) is 17.6. The van der Waals surface area contributed by atoms with Crippen LogP contribution in [0, 0.1) is 13.8 Å². The third-order valence-corrected chi connectivity index (χ3v) is 8.11. The lowest BCUT2D eigenvalue weighted by atomic mass is 9.90. The Morgan fingerprint density at radius 2 is 2.00 bits per heavy atom. The number of piperidine rings is 1. The normalized spacial score (nSPS) is 20.8. The van der Waals surface area contributed by atoms with Gasteiger partial charge in [0, 0.05) is 38.8 Å². The maximum absolute atomic E-state index is 10.7. The van der Waals surface area contributed by atoms with Crippen molar-refractivity contribution < 1.29 is 9.84 Å². The lowest BCUT2D eigenvalue weighted by Gasteiger charge is -2.38. The number of nitrogens with one attached hydrogen (secondary N) is 1. The van der Waals surface area contributed by atoms with Gasteiger partial charge in [0.25, 0.3) is 0 Å². The number of ether oxygens (including phenoxy) is 1. The second kappa shape index (κ2) is 8.89. The largest absolute Gasteiger partial charge is 0.490 e. The molecule has 2 N–H and O–H groups in total. The predicted molar refractivity (Wildman–Crippen MR) is 134 cm³/mol. The molecule has 4 nitrogen and oxygen atoms in total. The number of aromatic nitrogens is 1. The van der Waals surface area contributed by atoms with Crippen molar-refractivity contribution in [3.05, 3.63) is 64.7 Å². The first-order chi connectivity index (χ1) is 15.5. The minimum Gasteiger partial charge on any atom is -0.490 e. The average molecular weight is 449 g/mol. The topological polar surface area (TPSA) is 48.5 Å². The van der Waals surface area contributed by atoms with Crippen LogP contribution in [0.15, 0.2) is 48.5 Å². The summed E-state index contributed by atoms with van der Waals surface area (Å²) in [5.74, 6) is 1.44. The molecule has 1 aliphatic heterocycles. The highest BCUT2D eigenvalue weighted by atomic mass is 32.1. The molecule has 0 bridgehead atoms. The predicted octanol–water partition coefficient (Wildman–Crippen LogP) is 6.01. The fourth-order valence-electron chi connectivity index (χ4n) is 5.08. The quantitative estimate of drug-likeness (QED) is 0.380. The van der Waals surface area contributed by atoms with E-state index in [2.05, 4.69) is 60.1 Å². The molecule has 2 aromatic carbocycles. The van der Waals surface area contributed by atoms with Gasteiger partial charge in [0.1, 0.15) is 18.5 Å². The Morgan fingerprint density at radius 3 is 2.81 bits per heavy atom. The monoisotopic (exact) mass is 448 g/mol. The van der Waals surface area contributed by atoms with E-state index in [-0.39, 0.29) is 0 Å². The number of aliphatic hydroxyl groups is 1. The van der Waals surface area contributed by atoms with Gasteiger partial charge in [0.05, 0.1) is 0 Å². The number of benzene rings is 2. The van der Waals surface area contributed by atoms with Crippen molar-refractivity contribution in [2.45, 2.75) is 51.7 Å². The van der Waals surface area contributed by atoms with E-state index in [9.17, 15) is 5.11 Å². The first-order valence-corrected chi connectivity index (χ1v) is 12.4. The van der Waals surface area contributed by atoms with Crippen molar-refractivity contribution in [1.29, 1.82) is 0 Å². The summed E-state index contributed by atoms with van der Waals surface area (Å²) in [6.45, 7) is 8.52. The average Bonchev–Trinajstić information content (AvgIpc) is 3.37. The number of H-pyrrole nitrogens is 1. The Balaban J connectivity index is 1.18. The molecule has 168 valence electrons. The zero-order valence-corrected chi connectivity index (χ0v) is 19.9. The van der Waals surface area contributed by atoms with Crippen molar-refractivity contribution in [3.8, 4) is 5.75 Å². The second-order valence-corrected chi connectivity index (χ2v) is 10.5. The fraction of sp³-hybridized carbons (Fsp3) is 0.407. The molecule has 1 saturated heterocycles. The maximum Gasteiger partial charge on any atom is 0.128 e. The summed E-state index contributed by atoms with van der Waals surface area (Å²) in [6.07, 6.45) is 1.78. The molecule has 3 heterocycles. The molecule has 0 unspecified atom stereocenters. The Labute approximate surface area is 193 Å². The Morgan fingerprint density at radius 1 is 1.16 bits per heavy atom. The van der Waals surface area contributed by atoms with Crippen LogP contribution < -0.4 is 4.74 Å². The molecule has 0 saturated carbocycles. The van der Waals surface area contributed by atoms with Crippen LogP contribution in [-0.4, -0.2) is 46.8 Å². The van der Waals surface area contributed by atoms with Crippen LogP contribution >= 0.6 is 11.3 Å². The lowest BCUT2D eigenvalue weighted by Crippen LogP contribution is -2.45. The van der Waals surface area contributed by atoms with Crippen LogP contribution in [-0.2, 0) is 0 Å². The summed E-state index contributed by atoms with van der Waals surface area (Å²) >= 11 is 1.95. The summed E-state index contributed by atoms with van der Waals surface area (Å²) in [7, 11) is 0. The van der Waals surface area contributed by atoms with Crippen LogP contribution in [0.2, 0.25) is 0 Å². The van der Waals surface area contributed by atoms with Crippen molar-refractivity contribution in [1.82, 2.24) is 9.88 Å². The number of hydrogen-bond donors (Lipinski definition) is 2. The van der Waals surface area contributed by atoms with Crippen LogP contribution in [0.25, 0.3) is 21.0 Å². The minimum atomic E-state index is -0.503. The Bertz CT molecular complexity index is 1230. The number of thiophene rings is 1. The second-order valence-electron chi connectivity index (χ2n) is 9.34. The first-order valence-electron chi connectivity index (χ1n) is 11.6. The zero-order chi connectivity index (χ0) is 22.2. The zero-order valence-electron chi connectivity index (χ0n) is 19.1. The van der Waals surface area contributed by atoms with Crippen molar-refractivity contribution >= 4 is 32.3 Å². The van der Waals surface area contributed by atoms with E-state index in [1.807, 2.05) is 30.4 Å². The van der Waals surface area contributed by atoms with E-state index in [0.717, 1.165) is 41.7 Å². The molecule has 0 amide bonds. The van der Waals surface area contributed by atoms with Crippen molar-refractivity contribution in [3.63, 3.8) is 0 Å². The van der Waals surface area contributed by atoms with Crippen LogP contribution in [0.4, 0.5) is 0 Å². The van der Waals surface area contributed by atoms with Gasteiger partial charge in [0.2, 0.25) is 0 Å². The highest BCUT2D eigenvalue weighted by molar-refractivity contribution is 7.19. The van der Waals surface area contributed by atoms with E-state index >= 15 is 0 Å². The molecular weight excluding hydrogens is 416 g/mol. The smallest absolute Gasteiger partial charge is 0.128 e. The number of hydrogen-bond acceptors (Lipinski definition) is 4. The molecule has 3 atom stereocenters. The van der Waals surface area contributed by atoms with Gasteiger partial charge < -0.3 is 14.8 Å². The molecule has 0 spiro atoms. The van der Waals surface area contributed by atoms with Gasteiger partial charge in [-0.2, -0.15) is 0 Å². The lowest BCUT2D eigenvalue weighted by molar-refractivity contribution is 0.0408. The van der Waals surface area contributed by atoms with Gasteiger partial charge in [-0.3, -0.25) is 4.90 Å². The van der Waals surface area contributed by atoms with Gasteiger partial charge >= 0.3 is 0 Å². The highest BCUT2D eigenvalue weighted by Gasteiger charge is 2.29. The molecule has 2 aromatic heterocycles. The number of likely N-dealkylation sites (tertiary alicyclic amines) is 1. The SMILES string of the molecule is Cc1cc2c(OC[C@@H](O)CN3CC[C@H](c4cc5c(C)cccc5s4)C[C@@H]3C)cccc2[nH]1. The number of aliphatic hydroxyl groups excluding tert-OH is 1. The van der Waals surface area contributed by atoms with Gasteiger partial charge in [-0.25, -0.2) is 0 Å². The molecule has 4 aromatic rings. The summed E-state index contributed by atoms with van der Waals surface area (Å²) in [5, 5.41) is 13.2.